The minimum absolute atomic E-state index is 0.285. The van der Waals surface area contributed by atoms with Crippen LogP contribution in [0.25, 0.3) is 0 Å². The second-order valence-electron chi connectivity index (χ2n) is 6.09. The van der Waals surface area contributed by atoms with Crippen LogP contribution >= 0.6 is 0 Å². The first-order valence-corrected chi connectivity index (χ1v) is 8.18. The molecule has 0 fully saturated rings. The van der Waals surface area contributed by atoms with Gasteiger partial charge < -0.3 is 9.47 Å². The van der Waals surface area contributed by atoms with Crippen molar-refractivity contribution in [2.75, 3.05) is 13.7 Å². The highest BCUT2D eigenvalue weighted by Crippen LogP contribution is 2.28. The van der Waals surface area contributed by atoms with Crippen LogP contribution in [0.2, 0.25) is 0 Å². The first-order chi connectivity index (χ1) is 12.5. The number of imide groups is 1. The molecule has 0 aromatic heterocycles. The summed E-state index contributed by atoms with van der Waals surface area (Å²) in [6.45, 7) is 2.36. The van der Waals surface area contributed by atoms with Gasteiger partial charge in [-0.15, -0.1) is 0 Å². The molecule has 2 aromatic carbocycles. The molecule has 132 valence electrons. The predicted octanol–water partition coefficient (Wildman–Crippen LogP) is 2.77. The van der Waals surface area contributed by atoms with Gasteiger partial charge in [-0.3, -0.25) is 14.5 Å². The van der Waals surface area contributed by atoms with E-state index in [-0.39, 0.29) is 24.5 Å². The molecule has 6 heteroatoms. The van der Waals surface area contributed by atoms with Crippen molar-refractivity contribution in [2.45, 2.75) is 19.6 Å². The fraction of sp³-hybridized carbons (Fsp3) is 0.250. The first kappa shape index (κ1) is 17.6. The van der Waals surface area contributed by atoms with E-state index < -0.39 is 0 Å². The van der Waals surface area contributed by atoms with Crippen molar-refractivity contribution >= 4 is 11.8 Å². The predicted molar refractivity (Wildman–Crippen MR) is 93.8 cm³/mol. The number of hydrogen-bond acceptors (Lipinski definition) is 5. The Morgan fingerprint density at radius 2 is 1.77 bits per heavy atom. The molecule has 1 heterocycles. The second-order valence-corrected chi connectivity index (χ2v) is 6.09. The van der Waals surface area contributed by atoms with Crippen LogP contribution < -0.4 is 4.74 Å². The van der Waals surface area contributed by atoms with Gasteiger partial charge in [0, 0.05) is 7.11 Å². The Hall–Kier alpha value is -3.17. The summed E-state index contributed by atoms with van der Waals surface area (Å²) >= 11 is 0. The zero-order chi connectivity index (χ0) is 18.7. The summed E-state index contributed by atoms with van der Waals surface area (Å²) in [6.07, 6.45) is 0. The van der Waals surface area contributed by atoms with Gasteiger partial charge in [-0.2, -0.15) is 5.26 Å². The molecule has 0 radical (unpaired) electrons. The second kappa shape index (κ2) is 7.38. The Kier molecular flexibility index (Phi) is 5.01. The van der Waals surface area contributed by atoms with Crippen LogP contribution in [-0.4, -0.2) is 36.5 Å². The van der Waals surface area contributed by atoms with Crippen molar-refractivity contribution < 1.29 is 19.1 Å². The number of amides is 2. The van der Waals surface area contributed by atoms with Crippen LogP contribution in [0.1, 0.15) is 38.8 Å². The summed E-state index contributed by atoms with van der Waals surface area (Å²) in [5.41, 5.74) is 2.21. The number of nitriles is 1. The summed E-state index contributed by atoms with van der Waals surface area (Å²) in [7, 11) is 1.53. The van der Waals surface area contributed by atoms with Gasteiger partial charge >= 0.3 is 0 Å². The average molecular weight is 350 g/mol. The third kappa shape index (κ3) is 3.30. The van der Waals surface area contributed by atoms with Gasteiger partial charge in [0.15, 0.2) is 0 Å². The monoisotopic (exact) mass is 350 g/mol. The number of nitrogens with zero attached hydrogens (tertiary/aromatic N) is 2. The van der Waals surface area contributed by atoms with E-state index in [4.69, 9.17) is 14.7 Å². The lowest BCUT2D eigenvalue weighted by molar-refractivity contribution is 0.0497. The minimum atomic E-state index is -0.338. The van der Waals surface area contributed by atoms with E-state index in [1.807, 2.05) is 12.1 Å². The number of ether oxygens (including phenoxy) is 2. The largest absolute Gasteiger partial charge is 0.489 e. The summed E-state index contributed by atoms with van der Waals surface area (Å²) < 4.78 is 10.8. The van der Waals surface area contributed by atoms with Crippen molar-refractivity contribution in [3.63, 3.8) is 0 Å². The van der Waals surface area contributed by atoms with E-state index in [9.17, 15) is 9.59 Å². The maximum atomic E-state index is 12.6. The lowest BCUT2D eigenvalue weighted by Crippen LogP contribution is -2.40. The molecule has 0 saturated heterocycles. The Morgan fingerprint density at radius 3 is 2.42 bits per heavy atom. The molecular weight excluding hydrogens is 332 g/mol. The zero-order valence-corrected chi connectivity index (χ0v) is 14.6. The van der Waals surface area contributed by atoms with E-state index in [1.54, 1.807) is 37.3 Å². The van der Waals surface area contributed by atoms with Crippen molar-refractivity contribution in [1.29, 1.82) is 5.26 Å². The van der Waals surface area contributed by atoms with Gasteiger partial charge in [0.25, 0.3) is 11.8 Å². The quantitative estimate of drug-likeness (QED) is 0.749. The molecule has 1 unspecified atom stereocenters. The third-order valence-corrected chi connectivity index (χ3v) is 4.23. The van der Waals surface area contributed by atoms with Crippen LogP contribution in [-0.2, 0) is 11.3 Å². The van der Waals surface area contributed by atoms with E-state index in [1.165, 1.54) is 12.0 Å². The number of carbonyl (C=O) groups is 2. The topological polar surface area (TPSA) is 79.6 Å². The number of benzene rings is 2. The maximum Gasteiger partial charge on any atom is 0.262 e. The summed E-state index contributed by atoms with van der Waals surface area (Å²) in [5.74, 6) is -0.137. The van der Waals surface area contributed by atoms with Crippen molar-refractivity contribution in [3.05, 3.63) is 64.7 Å². The van der Waals surface area contributed by atoms with Crippen LogP contribution in [0.15, 0.2) is 42.5 Å². The highest BCUT2D eigenvalue weighted by atomic mass is 16.5. The van der Waals surface area contributed by atoms with Crippen LogP contribution in [0, 0.1) is 11.3 Å². The molecule has 0 bridgehead atoms. The molecule has 3 rings (SSSR count). The van der Waals surface area contributed by atoms with E-state index in [0.717, 1.165) is 5.56 Å². The lowest BCUT2D eigenvalue weighted by Gasteiger charge is -2.21. The molecule has 0 aliphatic carbocycles. The number of fused-ring (bicyclic) bond motifs is 1. The molecule has 0 saturated carbocycles. The lowest BCUT2D eigenvalue weighted by atomic mass is 10.1. The van der Waals surface area contributed by atoms with Crippen LogP contribution in [0.4, 0.5) is 0 Å². The summed E-state index contributed by atoms with van der Waals surface area (Å²) in [4.78, 5) is 26.3. The van der Waals surface area contributed by atoms with Crippen molar-refractivity contribution in [2.24, 2.45) is 0 Å². The minimum Gasteiger partial charge on any atom is -0.489 e. The molecule has 2 amide bonds. The highest BCUT2D eigenvalue weighted by molar-refractivity contribution is 6.21. The molecule has 0 N–H and O–H groups in total. The third-order valence-electron chi connectivity index (χ3n) is 4.23. The van der Waals surface area contributed by atoms with Gasteiger partial charge in [0.1, 0.15) is 12.4 Å². The maximum absolute atomic E-state index is 12.6. The van der Waals surface area contributed by atoms with Gasteiger partial charge in [-0.05, 0) is 42.8 Å². The number of carbonyl (C=O) groups excluding carboxylic acids is 2. The molecule has 1 aliphatic rings. The van der Waals surface area contributed by atoms with Gasteiger partial charge in [-0.25, -0.2) is 0 Å². The summed E-state index contributed by atoms with van der Waals surface area (Å²) in [6, 6.07) is 13.7. The highest BCUT2D eigenvalue weighted by Gasteiger charge is 2.38. The SMILES string of the molecule is COCC(C)N1C(=O)c2ccc(OCc3ccc(C#N)cc3)cc2C1=O. The molecule has 1 atom stereocenters. The molecule has 26 heavy (non-hydrogen) atoms. The molecule has 6 nitrogen and oxygen atoms in total. The Bertz CT molecular complexity index is 884. The Morgan fingerprint density at radius 1 is 1.08 bits per heavy atom. The van der Waals surface area contributed by atoms with Crippen LogP contribution in [0.3, 0.4) is 0 Å². The van der Waals surface area contributed by atoms with Gasteiger partial charge in [-0.1, -0.05) is 12.1 Å². The first-order valence-electron chi connectivity index (χ1n) is 8.18. The Balaban J connectivity index is 1.75. The number of rotatable bonds is 6. The van der Waals surface area contributed by atoms with Crippen molar-refractivity contribution in [3.8, 4) is 11.8 Å². The fourth-order valence-corrected chi connectivity index (χ4v) is 2.89. The number of methoxy groups -OCH3 is 1. The fourth-order valence-electron chi connectivity index (χ4n) is 2.89. The Labute approximate surface area is 151 Å². The smallest absolute Gasteiger partial charge is 0.262 e. The average Bonchev–Trinajstić information content (AvgIpc) is 2.91. The van der Waals surface area contributed by atoms with Gasteiger partial charge in [0.05, 0.1) is 35.4 Å². The number of hydrogen-bond donors (Lipinski definition) is 0. The van der Waals surface area contributed by atoms with E-state index in [0.29, 0.717) is 29.0 Å². The standard InChI is InChI=1S/C20H18N2O4/c1-13(11-25-2)22-19(23)17-8-7-16(9-18(17)20(22)24)26-12-15-5-3-14(10-21)4-6-15/h3-9,13H,11-12H2,1-2H3. The van der Waals surface area contributed by atoms with Gasteiger partial charge in [0.2, 0.25) is 0 Å². The molecule has 2 aromatic rings. The van der Waals surface area contributed by atoms with E-state index >= 15 is 0 Å². The molecule has 0 spiro atoms. The van der Waals surface area contributed by atoms with Crippen molar-refractivity contribution in [1.82, 2.24) is 4.90 Å². The van der Waals surface area contributed by atoms with E-state index in [2.05, 4.69) is 6.07 Å². The molecule has 1 aliphatic heterocycles. The molecular formula is C20H18N2O4. The normalized spacial score (nSPS) is 14.1. The summed E-state index contributed by atoms with van der Waals surface area (Å²) in [5, 5.41) is 8.81. The zero-order valence-electron chi connectivity index (χ0n) is 14.6. The van der Waals surface area contributed by atoms with Crippen LogP contribution in [0.5, 0.6) is 5.75 Å².